The molecular formula is C11H13N3O. The van der Waals surface area contributed by atoms with Gasteiger partial charge in [0, 0.05) is 12.2 Å². The maximum Gasteiger partial charge on any atom is 0.322 e. The SMILES string of the molecule is CCN(C(=O)NCC#N)c1ccccc1. The van der Waals surface area contributed by atoms with E-state index in [0.29, 0.717) is 6.54 Å². The Hall–Kier alpha value is -2.02. The van der Waals surface area contributed by atoms with E-state index in [9.17, 15) is 4.79 Å². The third-order valence-electron chi connectivity index (χ3n) is 1.95. The quantitative estimate of drug-likeness (QED) is 0.761. The number of benzene rings is 1. The van der Waals surface area contributed by atoms with E-state index in [2.05, 4.69) is 5.32 Å². The van der Waals surface area contributed by atoms with Gasteiger partial charge in [-0.3, -0.25) is 4.90 Å². The molecule has 0 aromatic heterocycles. The van der Waals surface area contributed by atoms with Gasteiger partial charge in [0.05, 0.1) is 6.07 Å². The van der Waals surface area contributed by atoms with Crippen molar-refractivity contribution in [3.63, 3.8) is 0 Å². The average Bonchev–Trinajstić information content (AvgIpc) is 2.29. The second-order valence-electron chi connectivity index (χ2n) is 2.90. The number of para-hydroxylation sites is 1. The summed E-state index contributed by atoms with van der Waals surface area (Å²) < 4.78 is 0. The molecule has 0 bridgehead atoms. The minimum Gasteiger partial charge on any atom is -0.325 e. The normalized spacial score (nSPS) is 9.07. The van der Waals surface area contributed by atoms with Crippen LogP contribution < -0.4 is 10.2 Å². The van der Waals surface area contributed by atoms with Crippen LogP contribution in [0.4, 0.5) is 10.5 Å². The molecule has 0 heterocycles. The predicted octanol–water partition coefficient (Wildman–Crippen LogP) is 1.75. The number of carbonyl (C=O) groups is 1. The summed E-state index contributed by atoms with van der Waals surface area (Å²) in [6.07, 6.45) is 0. The number of anilines is 1. The molecule has 1 aromatic rings. The number of urea groups is 1. The smallest absolute Gasteiger partial charge is 0.322 e. The zero-order valence-electron chi connectivity index (χ0n) is 8.60. The molecule has 4 nitrogen and oxygen atoms in total. The van der Waals surface area contributed by atoms with E-state index in [-0.39, 0.29) is 12.6 Å². The Kier molecular flexibility index (Phi) is 4.17. The first-order chi connectivity index (χ1) is 7.29. The van der Waals surface area contributed by atoms with Crippen LogP contribution >= 0.6 is 0 Å². The van der Waals surface area contributed by atoms with Crippen molar-refractivity contribution in [2.75, 3.05) is 18.0 Å². The number of nitriles is 1. The third kappa shape index (κ3) is 2.99. The first-order valence-corrected chi connectivity index (χ1v) is 4.77. The lowest BCUT2D eigenvalue weighted by Crippen LogP contribution is -2.40. The highest BCUT2D eigenvalue weighted by molar-refractivity contribution is 5.91. The molecule has 0 saturated carbocycles. The van der Waals surface area contributed by atoms with Crippen molar-refractivity contribution in [3.8, 4) is 6.07 Å². The fourth-order valence-electron chi connectivity index (χ4n) is 1.26. The van der Waals surface area contributed by atoms with Crippen LogP contribution in [0.3, 0.4) is 0 Å². The lowest BCUT2D eigenvalue weighted by molar-refractivity contribution is 0.247. The van der Waals surface area contributed by atoms with Gasteiger partial charge >= 0.3 is 6.03 Å². The van der Waals surface area contributed by atoms with Gasteiger partial charge in [-0.2, -0.15) is 5.26 Å². The number of nitrogens with zero attached hydrogens (tertiary/aromatic N) is 2. The fourth-order valence-corrected chi connectivity index (χ4v) is 1.26. The summed E-state index contributed by atoms with van der Waals surface area (Å²) in [4.78, 5) is 13.2. The Morgan fingerprint density at radius 2 is 2.13 bits per heavy atom. The number of hydrogen-bond donors (Lipinski definition) is 1. The Morgan fingerprint density at radius 3 is 2.67 bits per heavy atom. The van der Waals surface area contributed by atoms with Crippen LogP contribution in [0.25, 0.3) is 0 Å². The van der Waals surface area contributed by atoms with Crippen LogP contribution in [0.5, 0.6) is 0 Å². The molecule has 1 rings (SSSR count). The largest absolute Gasteiger partial charge is 0.325 e. The Morgan fingerprint density at radius 1 is 1.47 bits per heavy atom. The molecule has 0 fully saturated rings. The topological polar surface area (TPSA) is 56.1 Å². The molecule has 0 radical (unpaired) electrons. The number of nitrogens with one attached hydrogen (secondary N) is 1. The fraction of sp³-hybridized carbons (Fsp3) is 0.273. The Labute approximate surface area is 89.1 Å². The van der Waals surface area contributed by atoms with E-state index in [0.717, 1.165) is 5.69 Å². The summed E-state index contributed by atoms with van der Waals surface area (Å²) >= 11 is 0. The van der Waals surface area contributed by atoms with Crippen molar-refractivity contribution in [2.24, 2.45) is 0 Å². The standard InChI is InChI=1S/C11H13N3O/c1-2-14(11(15)13-9-8-12)10-6-4-3-5-7-10/h3-7H,2,9H2,1H3,(H,13,15). The first-order valence-electron chi connectivity index (χ1n) is 4.77. The minimum absolute atomic E-state index is 0.0299. The van der Waals surface area contributed by atoms with Crippen LogP contribution in [0, 0.1) is 11.3 Å². The van der Waals surface area contributed by atoms with Gasteiger partial charge < -0.3 is 5.32 Å². The van der Waals surface area contributed by atoms with Crippen LogP contribution in [0.2, 0.25) is 0 Å². The van der Waals surface area contributed by atoms with Gasteiger partial charge in [-0.25, -0.2) is 4.79 Å². The van der Waals surface area contributed by atoms with Crippen LogP contribution in [-0.4, -0.2) is 19.1 Å². The lowest BCUT2D eigenvalue weighted by atomic mass is 10.3. The van der Waals surface area contributed by atoms with Gasteiger partial charge in [-0.05, 0) is 19.1 Å². The molecule has 78 valence electrons. The van der Waals surface area contributed by atoms with Crippen LogP contribution in [-0.2, 0) is 0 Å². The zero-order valence-corrected chi connectivity index (χ0v) is 8.60. The van der Waals surface area contributed by atoms with E-state index in [1.165, 1.54) is 0 Å². The van der Waals surface area contributed by atoms with Crippen LogP contribution in [0.1, 0.15) is 6.92 Å². The van der Waals surface area contributed by atoms with Gasteiger partial charge in [-0.15, -0.1) is 0 Å². The van der Waals surface area contributed by atoms with Crippen molar-refractivity contribution in [1.82, 2.24) is 5.32 Å². The molecule has 0 saturated heterocycles. The molecule has 15 heavy (non-hydrogen) atoms. The number of amides is 2. The lowest BCUT2D eigenvalue weighted by Gasteiger charge is -2.20. The third-order valence-corrected chi connectivity index (χ3v) is 1.95. The van der Waals surface area contributed by atoms with E-state index < -0.39 is 0 Å². The molecule has 1 N–H and O–H groups in total. The molecule has 0 atom stereocenters. The van der Waals surface area contributed by atoms with Crippen molar-refractivity contribution in [3.05, 3.63) is 30.3 Å². The summed E-state index contributed by atoms with van der Waals surface area (Å²) in [7, 11) is 0. The van der Waals surface area contributed by atoms with Crippen molar-refractivity contribution >= 4 is 11.7 Å². The van der Waals surface area contributed by atoms with Crippen LogP contribution in [0.15, 0.2) is 30.3 Å². The molecule has 4 heteroatoms. The molecule has 0 aliphatic carbocycles. The Balaban J connectivity index is 2.72. The van der Waals surface area contributed by atoms with Crippen molar-refractivity contribution < 1.29 is 4.79 Å². The summed E-state index contributed by atoms with van der Waals surface area (Å²) in [6, 6.07) is 11.0. The van der Waals surface area contributed by atoms with Gasteiger partial charge in [0.25, 0.3) is 0 Å². The second-order valence-corrected chi connectivity index (χ2v) is 2.90. The molecule has 0 spiro atoms. The second kappa shape index (κ2) is 5.66. The monoisotopic (exact) mass is 203 g/mol. The summed E-state index contributed by atoms with van der Waals surface area (Å²) in [5, 5.41) is 10.9. The number of hydrogen-bond acceptors (Lipinski definition) is 2. The molecule has 1 aromatic carbocycles. The summed E-state index contributed by atoms with van der Waals surface area (Å²) in [6.45, 7) is 2.49. The molecule has 0 unspecified atom stereocenters. The first kappa shape index (κ1) is 11.1. The van der Waals surface area contributed by atoms with E-state index in [1.54, 1.807) is 4.90 Å². The maximum atomic E-state index is 11.6. The maximum absolute atomic E-state index is 11.6. The van der Waals surface area contributed by atoms with E-state index in [1.807, 2.05) is 43.3 Å². The summed E-state index contributed by atoms with van der Waals surface area (Å²) in [5.74, 6) is 0. The highest BCUT2D eigenvalue weighted by Crippen LogP contribution is 2.12. The number of rotatable bonds is 3. The predicted molar refractivity (Wildman–Crippen MR) is 58.5 cm³/mol. The minimum atomic E-state index is -0.245. The highest BCUT2D eigenvalue weighted by atomic mass is 16.2. The van der Waals surface area contributed by atoms with Gasteiger partial charge in [0.2, 0.25) is 0 Å². The number of carbonyl (C=O) groups excluding carboxylic acids is 1. The van der Waals surface area contributed by atoms with E-state index in [4.69, 9.17) is 5.26 Å². The van der Waals surface area contributed by atoms with Gasteiger partial charge in [-0.1, -0.05) is 18.2 Å². The molecular weight excluding hydrogens is 190 g/mol. The van der Waals surface area contributed by atoms with Crippen molar-refractivity contribution in [1.29, 1.82) is 5.26 Å². The van der Waals surface area contributed by atoms with Crippen molar-refractivity contribution in [2.45, 2.75) is 6.92 Å². The zero-order chi connectivity index (χ0) is 11.1. The molecule has 0 aliphatic heterocycles. The Bertz CT molecular complexity index is 356. The summed E-state index contributed by atoms with van der Waals surface area (Å²) in [5.41, 5.74) is 0.829. The van der Waals surface area contributed by atoms with E-state index >= 15 is 0 Å². The molecule has 0 aliphatic rings. The van der Waals surface area contributed by atoms with Gasteiger partial charge in [0.15, 0.2) is 0 Å². The highest BCUT2D eigenvalue weighted by Gasteiger charge is 2.11. The van der Waals surface area contributed by atoms with Gasteiger partial charge in [0.1, 0.15) is 6.54 Å². The molecule has 2 amide bonds. The average molecular weight is 203 g/mol.